The van der Waals surface area contributed by atoms with Crippen molar-refractivity contribution in [1.29, 1.82) is 5.26 Å². The summed E-state index contributed by atoms with van der Waals surface area (Å²) in [5.41, 5.74) is 2.39. The molecule has 7 nitrogen and oxygen atoms in total. The normalized spacial score (nSPS) is 9.85. The van der Waals surface area contributed by atoms with Gasteiger partial charge in [-0.05, 0) is 42.5 Å². The number of hydrogen-bond acceptors (Lipinski definition) is 7. The van der Waals surface area contributed by atoms with Gasteiger partial charge < -0.3 is 15.4 Å². The molecule has 2 aromatic carbocycles. The van der Waals surface area contributed by atoms with Crippen LogP contribution in [0.5, 0.6) is 0 Å². The van der Waals surface area contributed by atoms with Crippen molar-refractivity contribution in [3.8, 4) is 6.07 Å². The minimum atomic E-state index is -0.393. The van der Waals surface area contributed by atoms with Crippen LogP contribution in [0.4, 0.5) is 23.1 Å². The van der Waals surface area contributed by atoms with Crippen LogP contribution in [0.3, 0.4) is 0 Å². The topological polar surface area (TPSA) is 99.9 Å². The number of hydrogen-bond donors (Lipinski definition) is 2. The maximum absolute atomic E-state index is 11.5. The Hall–Kier alpha value is -3.92. The Morgan fingerprint density at radius 2 is 1.85 bits per heavy atom. The van der Waals surface area contributed by atoms with Crippen LogP contribution in [0.1, 0.15) is 15.9 Å². The number of anilines is 4. The maximum Gasteiger partial charge on any atom is 0.337 e. The fourth-order valence-electron chi connectivity index (χ4n) is 2.25. The number of nitrogens with one attached hydrogen (secondary N) is 2. The highest BCUT2D eigenvalue weighted by Crippen LogP contribution is 2.20. The molecule has 0 bridgehead atoms. The molecule has 26 heavy (non-hydrogen) atoms. The van der Waals surface area contributed by atoms with Crippen LogP contribution in [0.2, 0.25) is 0 Å². The standard InChI is InChI=1S/C19H15N5O2/c1-26-18(25)13-6-8-15(9-7-13)22-19-21-11-10-17(24-19)23-16-5-3-2-4-14(16)12-20/h2-11H,1H3,(H2,21,22,23,24). The van der Waals surface area contributed by atoms with Gasteiger partial charge in [0.1, 0.15) is 11.9 Å². The summed E-state index contributed by atoms with van der Waals surface area (Å²) in [5.74, 6) is 0.543. The number of esters is 1. The van der Waals surface area contributed by atoms with Gasteiger partial charge in [-0.25, -0.2) is 9.78 Å². The van der Waals surface area contributed by atoms with E-state index in [9.17, 15) is 4.79 Å². The highest BCUT2D eigenvalue weighted by atomic mass is 16.5. The lowest BCUT2D eigenvalue weighted by Crippen LogP contribution is -2.03. The van der Waals surface area contributed by atoms with E-state index in [0.29, 0.717) is 28.6 Å². The van der Waals surface area contributed by atoms with E-state index in [0.717, 1.165) is 5.69 Å². The highest BCUT2D eigenvalue weighted by Gasteiger charge is 2.06. The number of rotatable bonds is 5. The molecular weight excluding hydrogens is 330 g/mol. The molecule has 0 aliphatic rings. The molecule has 3 rings (SSSR count). The number of aromatic nitrogens is 2. The summed E-state index contributed by atoms with van der Waals surface area (Å²) >= 11 is 0. The number of para-hydroxylation sites is 1. The van der Waals surface area contributed by atoms with E-state index in [1.165, 1.54) is 7.11 Å². The van der Waals surface area contributed by atoms with Crippen LogP contribution >= 0.6 is 0 Å². The second-order valence-corrected chi connectivity index (χ2v) is 5.24. The van der Waals surface area contributed by atoms with Crippen molar-refractivity contribution in [3.05, 3.63) is 71.9 Å². The van der Waals surface area contributed by atoms with Crippen molar-refractivity contribution in [2.75, 3.05) is 17.7 Å². The predicted molar refractivity (Wildman–Crippen MR) is 97.5 cm³/mol. The molecule has 128 valence electrons. The van der Waals surface area contributed by atoms with Gasteiger partial charge in [0.2, 0.25) is 5.95 Å². The Morgan fingerprint density at radius 3 is 2.58 bits per heavy atom. The van der Waals surface area contributed by atoms with E-state index in [4.69, 9.17) is 5.26 Å². The first-order valence-electron chi connectivity index (χ1n) is 7.74. The SMILES string of the molecule is COC(=O)c1ccc(Nc2nccc(Nc3ccccc3C#N)n2)cc1. The van der Waals surface area contributed by atoms with Crippen LogP contribution in [-0.2, 0) is 4.74 Å². The molecule has 0 aliphatic heterocycles. The van der Waals surface area contributed by atoms with E-state index in [-0.39, 0.29) is 0 Å². The van der Waals surface area contributed by atoms with E-state index in [2.05, 4.69) is 31.4 Å². The Bertz CT molecular complexity index is 964. The van der Waals surface area contributed by atoms with Gasteiger partial charge in [-0.2, -0.15) is 10.2 Å². The molecule has 7 heteroatoms. The highest BCUT2D eigenvalue weighted by molar-refractivity contribution is 5.89. The van der Waals surface area contributed by atoms with Crippen molar-refractivity contribution in [3.63, 3.8) is 0 Å². The molecule has 1 aromatic heterocycles. The Kier molecular flexibility index (Phi) is 5.05. The average molecular weight is 345 g/mol. The summed E-state index contributed by atoms with van der Waals surface area (Å²) in [6.07, 6.45) is 1.61. The van der Waals surface area contributed by atoms with Gasteiger partial charge in [-0.15, -0.1) is 0 Å². The van der Waals surface area contributed by atoms with Gasteiger partial charge in [-0.3, -0.25) is 0 Å². The molecule has 0 atom stereocenters. The van der Waals surface area contributed by atoms with Gasteiger partial charge >= 0.3 is 5.97 Å². The minimum Gasteiger partial charge on any atom is -0.465 e. The molecule has 0 saturated carbocycles. The first-order valence-corrected chi connectivity index (χ1v) is 7.74. The zero-order valence-corrected chi connectivity index (χ0v) is 13.9. The molecule has 0 amide bonds. The van der Waals surface area contributed by atoms with Gasteiger partial charge in [0.25, 0.3) is 0 Å². The largest absolute Gasteiger partial charge is 0.465 e. The van der Waals surface area contributed by atoms with Crippen LogP contribution in [-0.4, -0.2) is 23.0 Å². The van der Waals surface area contributed by atoms with E-state index >= 15 is 0 Å². The number of nitriles is 1. The summed E-state index contributed by atoms with van der Waals surface area (Å²) in [6, 6.07) is 17.8. The van der Waals surface area contributed by atoms with Gasteiger partial charge in [0.15, 0.2) is 0 Å². The maximum atomic E-state index is 11.5. The van der Waals surface area contributed by atoms with Crippen LogP contribution < -0.4 is 10.6 Å². The molecule has 0 radical (unpaired) electrons. The smallest absolute Gasteiger partial charge is 0.337 e. The van der Waals surface area contributed by atoms with E-state index in [1.54, 1.807) is 54.7 Å². The average Bonchev–Trinajstić information content (AvgIpc) is 2.69. The second kappa shape index (κ2) is 7.77. The Balaban J connectivity index is 1.75. The third kappa shape index (κ3) is 3.94. The lowest BCUT2D eigenvalue weighted by atomic mass is 10.2. The zero-order valence-electron chi connectivity index (χ0n) is 13.9. The number of nitrogens with zero attached hydrogens (tertiary/aromatic N) is 3. The summed E-state index contributed by atoms with van der Waals surface area (Å²) in [6.45, 7) is 0. The van der Waals surface area contributed by atoms with E-state index < -0.39 is 5.97 Å². The summed E-state index contributed by atoms with van der Waals surface area (Å²) in [7, 11) is 1.34. The molecule has 0 spiro atoms. The molecular formula is C19H15N5O2. The van der Waals surface area contributed by atoms with Crippen molar-refractivity contribution < 1.29 is 9.53 Å². The molecule has 0 aliphatic carbocycles. The Morgan fingerprint density at radius 1 is 1.08 bits per heavy atom. The third-order valence-electron chi connectivity index (χ3n) is 3.53. The number of carbonyl (C=O) groups excluding carboxylic acids is 1. The lowest BCUT2D eigenvalue weighted by molar-refractivity contribution is 0.0601. The first-order chi connectivity index (χ1) is 12.7. The van der Waals surface area contributed by atoms with Crippen molar-refractivity contribution >= 4 is 29.1 Å². The summed E-state index contributed by atoms with van der Waals surface area (Å²) in [5, 5.41) is 15.3. The number of carbonyl (C=O) groups is 1. The number of ether oxygens (including phenoxy) is 1. The molecule has 0 fully saturated rings. The molecule has 3 aromatic rings. The fourth-order valence-corrected chi connectivity index (χ4v) is 2.25. The van der Waals surface area contributed by atoms with Crippen LogP contribution in [0, 0.1) is 11.3 Å². The Labute approximate surface area is 150 Å². The summed E-state index contributed by atoms with van der Waals surface area (Å²) in [4.78, 5) is 20.0. The van der Waals surface area contributed by atoms with Crippen molar-refractivity contribution in [1.82, 2.24) is 9.97 Å². The predicted octanol–water partition coefficient (Wildman–Crippen LogP) is 3.62. The molecule has 1 heterocycles. The van der Waals surface area contributed by atoms with E-state index in [1.807, 2.05) is 6.07 Å². The van der Waals surface area contributed by atoms with Gasteiger partial charge in [0, 0.05) is 11.9 Å². The van der Waals surface area contributed by atoms with Crippen LogP contribution in [0.25, 0.3) is 0 Å². The molecule has 0 saturated heterocycles. The van der Waals surface area contributed by atoms with Gasteiger partial charge in [0.05, 0.1) is 23.9 Å². The first kappa shape index (κ1) is 16.9. The number of benzene rings is 2. The minimum absolute atomic E-state index is 0.384. The third-order valence-corrected chi connectivity index (χ3v) is 3.53. The number of methoxy groups -OCH3 is 1. The molecule has 2 N–H and O–H groups in total. The van der Waals surface area contributed by atoms with Gasteiger partial charge in [-0.1, -0.05) is 12.1 Å². The summed E-state index contributed by atoms with van der Waals surface area (Å²) < 4.78 is 4.67. The second-order valence-electron chi connectivity index (χ2n) is 5.24. The molecule has 0 unspecified atom stereocenters. The monoisotopic (exact) mass is 345 g/mol. The van der Waals surface area contributed by atoms with Crippen molar-refractivity contribution in [2.45, 2.75) is 0 Å². The van der Waals surface area contributed by atoms with Crippen molar-refractivity contribution in [2.24, 2.45) is 0 Å². The lowest BCUT2D eigenvalue weighted by Gasteiger charge is -2.09. The quantitative estimate of drug-likeness (QED) is 0.681. The fraction of sp³-hybridized carbons (Fsp3) is 0.0526. The zero-order chi connectivity index (χ0) is 18.4. The van der Waals surface area contributed by atoms with Crippen LogP contribution in [0.15, 0.2) is 60.8 Å².